The summed E-state index contributed by atoms with van der Waals surface area (Å²) in [5.41, 5.74) is 2.66. The van der Waals surface area contributed by atoms with Gasteiger partial charge in [-0.15, -0.1) is 0 Å². The molecule has 0 aliphatic carbocycles. The molecule has 1 fully saturated rings. The SMILES string of the molecule is O=C(COc1ccc(Br)cc1)N(Cc1ccc(-c2ccc(Cl)cc2Cl)cc1)C1CCS(=O)(=O)C1. The van der Waals surface area contributed by atoms with Gasteiger partial charge in [-0.1, -0.05) is 69.5 Å². The molecule has 34 heavy (non-hydrogen) atoms. The van der Waals surface area contributed by atoms with Gasteiger partial charge in [0.05, 0.1) is 11.5 Å². The van der Waals surface area contributed by atoms with E-state index in [1.54, 1.807) is 29.2 Å². The van der Waals surface area contributed by atoms with Crippen LogP contribution in [0.25, 0.3) is 11.1 Å². The van der Waals surface area contributed by atoms with Gasteiger partial charge < -0.3 is 9.64 Å². The van der Waals surface area contributed by atoms with Crippen molar-refractivity contribution < 1.29 is 17.9 Å². The van der Waals surface area contributed by atoms with Gasteiger partial charge in [0.25, 0.3) is 5.91 Å². The smallest absolute Gasteiger partial charge is 0.261 e. The average molecular weight is 583 g/mol. The fraction of sp³-hybridized carbons (Fsp3) is 0.240. The third-order valence-corrected chi connectivity index (χ3v) is 8.52. The molecule has 1 atom stereocenters. The van der Waals surface area contributed by atoms with Crippen LogP contribution in [0.1, 0.15) is 12.0 Å². The lowest BCUT2D eigenvalue weighted by Crippen LogP contribution is -2.43. The molecule has 0 bridgehead atoms. The second-order valence-corrected chi connectivity index (χ2v) is 12.1. The highest BCUT2D eigenvalue weighted by atomic mass is 79.9. The molecule has 3 aromatic carbocycles. The largest absolute Gasteiger partial charge is 0.484 e. The fourth-order valence-electron chi connectivity index (χ4n) is 3.91. The van der Waals surface area contributed by atoms with Gasteiger partial charge in [0, 0.05) is 32.7 Å². The molecule has 1 heterocycles. The van der Waals surface area contributed by atoms with Crippen LogP contribution in [-0.2, 0) is 21.2 Å². The molecule has 5 nitrogen and oxygen atoms in total. The first-order valence-corrected chi connectivity index (χ1v) is 14.0. The number of hydrogen-bond donors (Lipinski definition) is 0. The van der Waals surface area contributed by atoms with Crippen molar-refractivity contribution in [1.82, 2.24) is 4.90 Å². The Morgan fingerprint density at radius 2 is 1.74 bits per heavy atom. The second-order valence-electron chi connectivity index (χ2n) is 8.14. The van der Waals surface area contributed by atoms with E-state index in [4.69, 9.17) is 27.9 Å². The molecular formula is C25H22BrCl2NO4S. The van der Waals surface area contributed by atoms with Crippen molar-refractivity contribution in [3.05, 3.63) is 86.8 Å². The van der Waals surface area contributed by atoms with Crippen LogP contribution in [-0.4, -0.2) is 43.4 Å². The summed E-state index contributed by atoms with van der Waals surface area (Å²) in [4.78, 5) is 14.7. The molecule has 1 unspecified atom stereocenters. The van der Waals surface area contributed by atoms with E-state index in [0.717, 1.165) is 21.2 Å². The number of carbonyl (C=O) groups excluding carboxylic acids is 1. The Bertz CT molecular complexity index is 1280. The van der Waals surface area contributed by atoms with Gasteiger partial charge in [0.1, 0.15) is 5.75 Å². The van der Waals surface area contributed by atoms with Crippen molar-refractivity contribution >= 4 is 54.9 Å². The van der Waals surface area contributed by atoms with E-state index in [2.05, 4.69) is 15.9 Å². The first kappa shape index (κ1) is 25.0. The van der Waals surface area contributed by atoms with Crippen LogP contribution in [0.2, 0.25) is 10.0 Å². The zero-order valence-corrected chi connectivity index (χ0v) is 22.0. The fourth-order valence-corrected chi connectivity index (χ4v) is 6.42. The van der Waals surface area contributed by atoms with E-state index in [1.807, 2.05) is 42.5 Å². The normalized spacial score (nSPS) is 16.9. The molecule has 1 aliphatic heterocycles. The predicted molar refractivity (Wildman–Crippen MR) is 139 cm³/mol. The van der Waals surface area contributed by atoms with Crippen LogP contribution in [0.3, 0.4) is 0 Å². The Labute approximate surface area is 217 Å². The molecule has 0 N–H and O–H groups in total. The van der Waals surface area contributed by atoms with Crippen LogP contribution in [0.15, 0.2) is 71.2 Å². The number of carbonyl (C=O) groups is 1. The third-order valence-electron chi connectivity index (χ3n) is 5.69. The molecular weight excluding hydrogens is 561 g/mol. The highest BCUT2D eigenvalue weighted by molar-refractivity contribution is 9.10. The summed E-state index contributed by atoms with van der Waals surface area (Å²) in [6.45, 7) is 0.119. The van der Waals surface area contributed by atoms with E-state index < -0.39 is 9.84 Å². The zero-order valence-electron chi connectivity index (χ0n) is 18.1. The molecule has 0 saturated carbocycles. The average Bonchev–Trinajstić information content (AvgIpc) is 3.17. The summed E-state index contributed by atoms with van der Waals surface area (Å²) in [5, 5.41) is 1.12. The van der Waals surface area contributed by atoms with Crippen LogP contribution < -0.4 is 4.74 Å². The van der Waals surface area contributed by atoms with Crippen LogP contribution in [0.5, 0.6) is 5.75 Å². The predicted octanol–water partition coefficient (Wildman–Crippen LogP) is 6.02. The number of sulfone groups is 1. The summed E-state index contributed by atoms with van der Waals surface area (Å²) in [6, 6.07) is 19.8. The molecule has 4 rings (SSSR count). The van der Waals surface area contributed by atoms with Gasteiger partial charge in [-0.3, -0.25) is 4.79 Å². The summed E-state index contributed by atoms with van der Waals surface area (Å²) in [6.07, 6.45) is 0.421. The molecule has 178 valence electrons. The van der Waals surface area contributed by atoms with Crippen molar-refractivity contribution in [3.63, 3.8) is 0 Å². The monoisotopic (exact) mass is 581 g/mol. The zero-order chi connectivity index (χ0) is 24.3. The van der Waals surface area contributed by atoms with Crippen molar-refractivity contribution in [2.45, 2.75) is 19.0 Å². The molecule has 0 radical (unpaired) electrons. The number of hydrogen-bond acceptors (Lipinski definition) is 4. The Kier molecular flexibility index (Phi) is 7.87. The quantitative estimate of drug-likeness (QED) is 0.342. The Balaban J connectivity index is 1.50. The first-order valence-electron chi connectivity index (χ1n) is 10.6. The number of amides is 1. The minimum atomic E-state index is -3.15. The summed E-state index contributed by atoms with van der Waals surface area (Å²) in [7, 11) is -3.15. The van der Waals surface area contributed by atoms with E-state index in [1.165, 1.54) is 0 Å². The van der Waals surface area contributed by atoms with E-state index in [0.29, 0.717) is 22.2 Å². The molecule has 9 heteroatoms. The standard InChI is InChI=1S/C25H22BrCl2NO4S/c26-19-5-8-22(9-6-19)33-15-25(30)29(21-11-12-34(31,32)16-21)14-17-1-3-18(4-2-17)23-10-7-20(27)13-24(23)28/h1-10,13,21H,11-12,14-16H2. The van der Waals surface area contributed by atoms with Crippen LogP contribution in [0, 0.1) is 0 Å². The highest BCUT2D eigenvalue weighted by Crippen LogP contribution is 2.31. The van der Waals surface area contributed by atoms with E-state index in [-0.39, 0.29) is 36.6 Å². The molecule has 1 saturated heterocycles. The van der Waals surface area contributed by atoms with Crippen molar-refractivity contribution in [2.75, 3.05) is 18.1 Å². The summed E-state index contributed by atoms with van der Waals surface area (Å²) >= 11 is 15.7. The van der Waals surface area contributed by atoms with Gasteiger partial charge in [-0.05, 0) is 53.9 Å². The van der Waals surface area contributed by atoms with Crippen molar-refractivity contribution in [2.24, 2.45) is 0 Å². The molecule has 3 aromatic rings. The van der Waals surface area contributed by atoms with Gasteiger partial charge >= 0.3 is 0 Å². The first-order chi connectivity index (χ1) is 16.2. The van der Waals surface area contributed by atoms with Gasteiger partial charge in [0.2, 0.25) is 0 Å². The lowest BCUT2D eigenvalue weighted by molar-refractivity contribution is -0.136. The highest BCUT2D eigenvalue weighted by Gasteiger charge is 2.34. The summed E-state index contributed by atoms with van der Waals surface area (Å²) < 4.78 is 30.8. The second kappa shape index (κ2) is 10.7. The molecule has 0 aromatic heterocycles. The Morgan fingerprint density at radius 3 is 2.35 bits per heavy atom. The van der Waals surface area contributed by atoms with Crippen LogP contribution in [0.4, 0.5) is 0 Å². The Hall–Kier alpha value is -2.06. The topological polar surface area (TPSA) is 63.7 Å². The number of rotatable bonds is 7. The third kappa shape index (κ3) is 6.33. The van der Waals surface area contributed by atoms with Gasteiger partial charge in [-0.25, -0.2) is 8.42 Å². The number of ether oxygens (including phenoxy) is 1. The maximum Gasteiger partial charge on any atom is 0.261 e. The Morgan fingerprint density at radius 1 is 1.03 bits per heavy atom. The van der Waals surface area contributed by atoms with E-state index >= 15 is 0 Å². The van der Waals surface area contributed by atoms with Gasteiger partial charge in [-0.2, -0.15) is 0 Å². The minimum absolute atomic E-state index is 0.0323. The number of nitrogens with zero attached hydrogens (tertiary/aromatic N) is 1. The van der Waals surface area contributed by atoms with E-state index in [9.17, 15) is 13.2 Å². The van der Waals surface area contributed by atoms with Crippen molar-refractivity contribution in [1.29, 1.82) is 0 Å². The number of halogens is 3. The molecule has 1 aliphatic rings. The minimum Gasteiger partial charge on any atom is -0.484 e. The van der Waals surface area contributed by atoms with Crippen LogP contribution >= 0.6 is 39.1 Å². The maximum absolute atomic E-state index is 13.1. The summed E-state index contributed by atoms with van der Waals surface area (Å²) in [5.74, 6) is 0.369. The lowest BCUT2D eigenvalue weighted by atomic mass is 10.0. The lowest BCUT2D eigenvalue weighted by Gasteiger charge is -2.28. The number of benzene rings is 3. The maximum atomic E-state index is 13.1. The van der Waals surface area contributed by atoms with Crippen molar-refractivity contribution in [3.8, 4) is 16.9 Å². The molecule has 1 amide bonds. The van der Waals surface area contributed by atoms with Gasteiger partial charge in [0.15, 0.2) is 16.4 Å². The molecule has 0 spiro atoms.